The van der Waals surface area contributed by atoms with Gasteiger partial charge in [0.1, 0.15) is 5.82 Å². The van der Waals surface area contributed by atoms with Crippen LogP contribution in [0.1, 0.15) is 78.4 Å². The molecule has 0 aliphatic carbocycles. The van der Waals surface area contributed by atoms with Gasteiger partial charge in [-0.1, -0.05) is 62.7 Å². The number of aryl methyl sites for hydroxylation is 1. The van der Waals surface area contributed by atoms with Gasteiger partial charge in [-0.25, -0.2) is 4.39 Å². The van der Waals surface area contributed by atoms with Gasteiger partial charge in [-0.05, 0) is 78.6 Å². The molecule has 0 aliphatic rings. The number of fused-ring (bicyclic) bond motifs is 1. The van der Waals surface area contributed by atoms with Gasteiger partial charge < -0.3 is 15.4 Å². The number of carboxylic acid groups (broad SMARTS) is 1. The molecule has 5 nitrogen and oxygen atoms in total. The van der Waals surface area contributed by atoms with Crippen LogP contribution in [0.25, 0.3) is 10.9 Å². The second-order valence-corrected chi connectivity index (χ2v) is 9.66. The first-order valence-electron chi connectivity index (χ1n) is 13.2. The van der Waals surface area contributed by atoms with Gasteiger partial charge in [-0.15, -0.1) is 0 Å². The van der Waals surface area contributed by atoms with Crippen LogP contribution in [0.15, 0.2) is 79.0 Å². The zero-order valence-corrected chi connectivity index (χ0v) is 22.3. The van der Waals surface area contributed by atoms with Gasteiger partial charge in [0.2, 0.25) is 0 Å². The van der Waals surface area contributed by atoms with Gasteiger partial charge in [0.25, 0.3) is 5.91 Å². The predicted molar refractivity (Wildman–Crippen MR) is 151 cm³/mol. The highest BCUT2D eigenvalue weighted by atomic mass is 19.1. The van der Waals surface area contributed by atoms with E-state index in [1.54, 1.807) is 6.20 Å². The van der Waals surface area contributed by atoms with E-state index in [1.807, 2.05) is 49.4 Å². The molecule has 38 heavy (non-hydrogen) atoms. The van der Waals surface area contributed by atoms with Crippen LogP contribution >= 0.6 is 0 Å². The molecule has 3 N–H and O–H groups in total. The summed E-state index contributed by atoms with van der Waals surface area (Å²) < 4.78 is 13.0. The van der Waals surface area contributed by atoms with Crippen LogP contribution in [0.2, 0.25) is 0 Å². The summed E-state index contributed by atoms with van der Waals surface area (Å²) in [6, 6.07) is 23.7. The monoisotopic (exact) mass is 516 g/mol. The van der Waals surface area contributed by atoms with Gasteiger partial charge in [-0.2, -0.15) is 0 Å². The Labute approximate surface area is 224 Å². The summed E-state index contributed by atoms with van der Waals surface area (Å²) in [7, 11) is 0. The van der Waals surface area contributed by atoms with E-state index in [4.69, 9.17) is 5.11 Å². The number of aliphatic carboxylic acids is 1. The van der Waals surface area contributed by atoms with E-state index < -0.39 is 5.97 Å². The van der Waals surface area contributed by atoms with Crippen LogP contribution in [0, 0.1) is 12.7 Å². The molecule has 1 amide bonds. The summed E-state index contributed by atoms with van der Waals surface area (Å²) in [4.78, 5) is 25.5. The first kappa shape index (κ1) is 28.6. The Kier molecular flexibility index (Phi) is 10.6. The minimum Gasteiger partial charge on any atom is -0.481 e. The van der Waals surface area contributed by atoms with Crippen molar-refractivity contribution in [2.45, 2.75) is 58.3 Å². The lowest BCUT2D eigenvalue weighted by Gasteiger charge is -2.25. The molecule has 4 aromatic rings. The number of hydrogen-bond acceptors (Lipinski definition) is 2. The lowest BCUT2D eigenvalue weighted by atomic mass is 9.80. The van der Waals surface area contributed by atoms with Gasteiger partial charge in [0.15, 0.2) is 0 Å². The molecule has 0 bridgehead atoms. The molecule has 0 spiro atoms. The van der Waals surface area contributed by atoms with Gasteiger partial charge in [0, 0.05) is 30.1 Å². The quantitative estimate of drug-likeness (QED) is 0.190. The Morgan fingerprint density at radius 1 is 1.00 bits per heavy atom. The molecule has 0 aliphatic heterocycles. The van der Waals surface area contributed by atoms with E-state index >= 15 is 0 Å². The number of carbonyl (C=O) groups excluding carboxylic acids is 1. The van der Waals surface area contributed by atoms with Gasteiger partial charge in [0.05, 0.1) is 5.52 Å². The summed E-state index contributed by atoms with van der Waals surface area (Å²) in [6.45, 7) is 6.72. The highest BCUT2D eigenvalue weighted by Gasteiger charge is 2.20. The summed E-state index contributed by atoms with van der Waals surface area (Å²) in [5.41, 5.74) is 4.73. The number of rotatable bonds is 10. The molecule has 6 heteroatoms. The minimum absolute atomic E-state index is 0.0648. The number of aromatic amines is 1. The van der Waals surface area contributed by atoms with Crippen molar-refractivity contribution in [1.29, 1.82) is 0 Å². The van der Waals surface area contributed by atoms with Crippen molar-refractivity contribution < 1.29 is 19.1 Å². The number of aromatic nitrogens is 1. The van der Waals surface area contributed by atoms with Crippen molar-refractivity contribution in [3.05, 3.63) is 107 Å². The maximum Gasteiger partial charge on any atom is 0.303 e. The molecule has 0 saturated heterocycles. The molecule has 200 valence electrons. The number of H-pyrrole nitrogens is 1. The van der Waals surface area contributed by atoms with Crippen molar-refractivity contribution >= 4 is 22.8 Å². The van der Waals surface area contributed by atoms with Crippen LogP contribution in [0.3, 0.4) is 0 Å². The Morgan fingerprint density at radius 3 is 2.37 bits per heavy atom. The molecule has 0 saturated carbocycles. The second kappa shape index (κ2) is 14.1. The van der Waals surface area contributed by atoms with E-state index in [0.29, 0.717) is 35.9 Å². The summed E-state index contributed by atoms with van der Waals surface area (Å²) in [6.07, 6.45) is 4.44. The van der Waals surface area contributed by atoms with Gasteiger partial charge in [-0.3, -0.25) is 9.59 Å². The number of nitrogens with one attached hydrogen (secondary N) is 2. The fourth-order valence-corrected chi connectivity index (χ4v) is 4.70. The lowest BCUT2D eigenvalue weighted by Crippen LogP contribution is -2.24. The number of carboxylic acids is 1. The molecule has 3 aromatic carbocycles. The Balaban J connectivity index is 0.000000299. The normalized spacial score (nSPS) is 12.3. The molecule has 0 fully saturated rings. The molecule has 2 atom stereocenters. The SMILES string of the molecule is CCC[C@H](c1ccc(C(=O)NCCCC(=O)O)cc1)C(C)c1ccccc1.Cc1cc(F)c2[nH]ccc2c1. The average Bonchev–Trinajstić information content (AvgIpc) is 3.39. The Hall–Kier alpha value is -3.93. The molecule has 1 unspecified atom stereocenters. The molecule has 4 rings (SSSR count). The van der Waals surface area contributed by atoms with E-state index in [9.17, 15) is 14.0 Å². The van der Waals surface area contributed by atoms with Crippen molar-refractivity contribution in [2.75, 3.05) is 6.54 Å². The van der Waals surface area contributed by atoms with Crippen molar-refractivity contribution in [2.24, 2.45) is 0 Å². The summed E-state index contributed by atoms with van der Waals surface area (Å²) in [5, 5.41) is 12.3. The number of amides is 1. The first-order valence-corrected chi connectivity index (χ1v) is 13.2. The van der Waals surface area contributed by atoms with E-state index in [0.717, 1.165) is 23.8 Å². The highest BCUT2D eigenvalue weighted by molar-refractivity contribution is 5.94. The number of carbonyl (C=O) groups is 2. The minimum atomic E-state index is -0.844. The van der Waals surface area contributed by atoms with Crippen LogP contribution in [-0.4, -0.2) is 28.5 Å². The van der Waals surface area contributed by atoms with Crippen LogP contribution in [0.5, 0.6) is 0 Å². The fourth-order valence-electron chi connectivity index (χ4n) is 4.70. The maximum atomic E-state index is 13.0. The average molecular weight is 517 g/mol. The zero-order valence-electron chi connectivity index (χ0n) is 22.3. The highest BCUT2D eigenvalue weighted by Crippen LogP contribution is 2.36. The number of hydrogen-bond donors (Lipinski definition) is 3. The van der Waals surface area contributed by atoms with Crippen molar-refractivity contribution in [3.63, 3.8) is 0 Å². The molecule has 1 aromatic heterocycles. The molecule has 0 radical (unpaired) electrons. The number of halogens is 1. The third-order valence-corrected chi connectivity index (χ3v) is 6.74. The molecular formula is C32H37FN2O3. The van der Waals surface area contributed by atoms with Crippen LogP contribution in [-0.2, 0) is 4.79 Å². The Bertz CT molecular complexity index is 1320. The molecule has 1 heterocycles. The zero-order chi connectivity index (χ0) is 27.5. The Morgan fingerprint density at radius 2 is 1.71 bits per heavy atom. The maximum absolute atomic E-state index is 13.0. The first-order chi connectivity index (χ1) is 18.3. The standard InChI is InChI=1S/C23H29NO3.C9H8FN/c1-3-8-21(17(2)18-9-5-4-6-10-18)19-12-14-20(15-13-19)23(27)24-16-7-11-22(25)26;1-6-4-7-2-3-11-9(7)8(10)5-6/h4-6,9-10,12-15,17,21H,3,7-8,11,16H2,1-2H3,(H,24,27)(H,25,26);2-5,11H,1H3/t17?,21-;/m0./s1. The smallest absolute Gasteiger partial charge is 0.303 e. The van der Waals surface area contributed by atoms with Crippen LogP contribution in [0.4, 0.5) is 4.39 Å². The number of benzene rings is 3. The topological polar surface area (TPSA) is 82.2 Å². The largest absolute Gasteiger partial charge is 0.481 e. The second-order valence-electron chi connectivity index (χ2n) is 9.66. The van der Waals surface area contributed by atoms with E-state index in [-0.39, 0.29) is 18.1 Å². The van der Waals surface area contributed by atoms with Gasteiger partial charge >= 0.3 is 5.97 Å². The third kappa shape index (κ3) is 8.04. The summed E-state index contributed by atoms with van der Waals surface area (Å²) in [5.74, 6) is -0.366. The van der Waals surface area contributed by atoms with Crippen molar-refractivity contribution in [3.8, 4) is 0 Å². The third-order valence-electron chi connectivity index (χ3n) is 6.74. The van der Waals surface area contributed by atoms with E-state index in [2.05, 4.69) is 48.4 Å². The van der Waals surface area contributed by atoms with E-state index in [1.165, 1.54) is 17.2 Å². The van der Waals surface area contributed by atoms with Crippen LogP contribution < -0.4 is 5.32 Å². The lowest BCUT2D eigenvalue weighted by molar-refractivity contribution is -0.137. The van der Waals surface area contributed by atoms with Crippen molar-refractivity contribution in [1.82, 2.24) is 10.3 Å². The predicted octanol–water partition coefficient (Wildman–Crippen LogP) is 7.58. The molecular weight excluding hydrogens is 479 g/mol. The fraction of sp³-hybridized carbons (Fsp3) is 0.312. The summed E-state index contributed by atoms with van der Waals surface area (Å²) >= 11 is 0.